The molecule has 0 spiro atoms. The van der Waals surface area contributed by atoms with Crippen LogP contribution < -0.4 is 5.32 Å². The molecular weight excluding hydrogens is 204 g/mol. The Hall–Kier alpha value is -0.970. The van der Waals surface area contributed by atoms with Gasteiger partial charge in [-0.05, 0) is 31.5 Å². The Kier molecular flexibility index (Phi) is 5.38. The molecule has 0 aliphatic carbocycles. The van der Waals surface area contributed by atoms with Crippen LogP contribution in [0.5, 0.6) is 0 Å². The van der Waals surface area contributed by atoms with E-state index in [0.29, 0.717) is 6.54 Å². The predicted octanol–water partition coefficient (Wildman–Crippen LogP) is 1.13. The van der Waals surface area contributed by atoms with Gasteiger partial charge in [0.25, 0.3) is 0 Å². The molecule has 90 valence electrons. The largest absolute Gasteiger partial charge is 0.387 e. The van der Waals surface area contributed by atoms with E-state index in [-0.39, 0.29) is 12.1 Å². The van der Waals surface area contributed by atoms with E-state index < -0.39 is 6.10 Å². The number of hydrogen-bond donors (Lipinski definition) is 2. The summed E-state index contributed by atoms with van der Waals surface area (Å²) in [4.78, 5) is 3.91. The predicted molar refractivity (Wildman–Crippen MR) is 63.1 cm³/mol. The van der Waals surface area contributed by atoms with E-state index in [1.54, 1.807) is 19.5 Å². The van der Waals surface area contributed by atoms with Gasteiger partial charge in [0, 0.05) is 32.1 Å². The van der Waals surface area contributed by atoms with Gasteiger partial charge in [-0.25, -0.2) is 0 Å². The van der Waals surface area contributed by atoms with Crippen LogP contribution in [0, 0.1) is 0 Å². The summed E-state index contributed by atoms with van der Waals surface area (Å²) in [5.74, 6) is 0. The van der Waals surface area contributed by atoms with E-state index in [1.165, 1.54) is 0 Å². The third kappa shape index (κ3) is 3.89. The van der Waals surface area contributed by atoms with Gasteiger partial charge in [-0.3, -0.25) is 4.98 Å². The molecule has 0 radical (unpaired) electrons. The Bertz CT molecular complexity index is 292. The summed E-state index contributed by atoms with van der Waals surface area (Å²) in [6, 6.07) is 3.84. The number of ether oxygens (including phenoxy) is 1. The summed E-state index contributed by atoms with van der Waals surface area (Å²) < 4.78 is 5.20. The first-order valence-electron chi connectivity index (χ1n) is 5.49. The summed E-state index contributed by atoms with van der Waals surface area (Å²) in [5, 5.41) is 13.1. The molecular formula is C12H20N2O2. The van der Waals surface area contributed by atoms with Crippen molar-refractivity contribution in [2.75, 3.05) is 13.7 Å². The van der Waals surface area contributed by atoms with Gasteiger partial charge in [-0.2, -0.15) is 0 Å². The summed E-state index contributed by atoms with van der Waals surface area (Å²) in [7, 11) is 1.68. The molecule has 1 heterocycles. The normalized spacial score (nSPS) is 16.8. The van der Waals surface area contributed by atoms with Crippen LogP contribution in [-0.4, -0.2) is 35.9 Å². The molecule has 16 heavy (non-hydrogen) atoms. The van der Waals surface area contributed by atoms with Crippen molar-refractivity contribution < 1.29 is 9.84 Å². The quantitative estimate of drug-likeness (QED) is 0.760. The maximum Gasteiger partial charge on any atom is 0.0915 e. The molecule has 1 rings (SSSR count). The Balaban J connectivity index is 2.38. The van der Waals surface area contributed by atoms with Crippen LogP contribution in [0.4, 0.5) is 0 Å². The lowest BCUT2D eigenvalue weighted by Crippen LogP contribution is -2.38. The van der Waals surface area contributed by atoms with Gasteiger partial charge < -0.3 is 15.2 Å². The van der Waals surface area contributed by atoms with E-state index in [9.17, 15) is 5.11 Å². The van der Waals surface area contributed by atoms with Crippen molar-refractivity contribution in [2.45, 2.75) is 32.1 Å². The maximum atomic E-state index is 9.89. The number of rotatable bonds is 6. The zero-order valence-electron chi connectivity index (χ0n) is 10.1. The van der Waals surface area contributed by atoms with Gasteiger partial charge in [-0.1, -0.05) is 0 Å². The smallest absolute Gasteiger partial charge is 0.0915 e. The third-order valence-electron chi connectivity index (χ3n) is 2.80. The van der Waals surface area contributed by atoms with Crippen LogP contribution >= 0.6 is 0 Å². The van der Waals surface area contributed by atoms with Gasteiger partial charge in [0.05, 0.1) is 12.2 Å². The lowest BCUT2D eigenvalue weighted by molar-refractivity contribution is 0.0806. The maximum absolute atomic E-state index is 9.89. The van der Waals surface area contributed by atoms with Crippen molar-refractivity contribution in [1.82, 2.24) is 10.3 Å². The number of nitrogens with one attached hydrogen (secondary N) is 1. The second kappa shape index (κ2) is 6.58. The van der Waals surface area contributed by atoms with Crippen molar-refractivity contribution in [3.05, 3.63) is 30.1 Å². The van der Waals surface area contributed by atoms with Crippen molar-refractivity contribution >= 4 is 0 Å². The topological polar surface area (TPSA) is 54.4 Å². The minimum atomic E-state index is -0.505. The van der Waals surface area contributed by atoms with Crippen molar-refractivity contribution in [3.8, 4) is 0 Å². The van der Waals surface area contributed by atoms with E-state index >= 15 is 0 Å². The molecule has 0 fully saturated rings. The second-order valence-corrected chi connectivity index (χ2v) is 3.93. The molecule has 4 heteroatoms. The molecule has 1 aromatic heterocycles. The van der Waals surface area contributed by atoms with Crippen LogP contribution in [0.3, 0.4) is 0 Å². The summed E-state index contributed by atoms with van der Waals surface area (Å²) in [6.45, 7) is 4.54. The average Bonchev–Trinajstić information content (AvgIpc) is 2.35. The van der Waals surface area contributed by atoms with Crippen LogP contribution in [0.15, 0.2) is 24.5 Å². The summed E-state index contributed by atoms with van der Waals surface area (Å²) in [5.41, 5.74) is 0.875. The highest BCUT2D eigenvalue weighted by Crippen LogP contribution is 2.10. The van der Waals surface area contributed by atoms with Crippen LogP contribution in [0.1, 0.15) is 25.5 Å². The zero-order chi connectivity index (χ0) is 12.0. The first kappa shape index (κ1) is 13.1. The van der Waals surface area contributed by atoms with Crippen molar-refractivity contribution in [1.29, 1.82) is 0 Å². The Morgan fingerprint density at radius 1 is 1.38 bits per heavy atom. The Morgan fingerprint density at radius 3 is 2.56 bits per heavy atom. The average molecular weight is 224 g/mol. The molecule has 0 saturated heterocycles. The van der Waals surface area contributed by atoms with Crippen LogP contribution in [0.25, 0.3) is 0 Å². The van der Waals surface area contributed by atoms with Gasteiger partial charge in [0.15, 0.2) is 0 Å². The molecule has 0 saturated carbocycles. The number of pyridine rings is 1. The number of nitrogens with zero attached hydrogens (tertiary/aromatic N) is 1. The minimum Gasteiger partial charge on any atom is -0.387 e. The fourth-order valence-electron chi connectivity index (χ4n) is 1.37. The van der Waals surface area contributed by atoms with Crippen LogP contribution in [-0.2, 0) is 4.74 Å². The number of aliphatic hydroxyl groups is 1. The standard InChI is InChI=1S/C12H20N2O2/c1-9(10(2)16-3)14-8-12(15)11-4-6-13-7-5-11/h4-7,9-10,12,14-15H,8H2,1-3H3. The highest BCUT2D eigenvalue weighted by atomic mass is 16.5. The number of methoxy groups -OCH3 is 1. The monoisotopic (exact) mass is 224 g/mol. The number of aliphatic hydroxyl groups excluding tert-OH is 1. The summed E-state index contributed by atoms with van der Waals surface area (Å²) in [6.07, 6.45) is 2.98. The minimum absolute atomic E-state index is 0.129. The Labute approximate surface area is 96.7 Å². The molecule has 0 amide bonds. The summed E-state index contributed by atoms with van der Waals surface area (Å²) >= 11 is 0. The van der Waals surface area contributed by atoms with Gasteiger partial charge in [-0.15, -0.1) is 0 Å². The molecule has 0 aliphatic rings. The van der Waals surface area contributed by atoms with E-state index in [4.69, 9.17) is 4.74 Å². The Morgan fingerprint density at radius 2 is 2.00 bits per heavy atom. The molecule has 4 nitrogen and oxygen atoms in total. The molecule has 0 aliphatic heterocycles. The first-order valence-corrected chi connectivity index (χ1v) is 5.49. The van der Waals surface area contributed by atoms with Gasteiger partial charge in [0.2, 0.25) is 0 Å². The highest BCUT2D eigenvalue weighted by Gasteiger charge is 2.13. The van der Waals surface area contributed by atoms with Gasteiger partial charge in [0.1, 0.15) is 0 Å². The van der Waals surface area contributed by atoms with E-state index in [2.05, 4.69) is 10.3 Å². The molecule has 1 aromatic rings. The van der Waals surface area contributed by atoms with Crippen molar-refractivity contribution in [3.63, 3.8) is 0 Å². The van der Waals surface area contributed by atoms with Crippen molar-refractivity contribution in [2.24, 2.45) is 0 Å². The fraction of sp³-hybridized carbons (Fsp3) is 0.583. The highest BCUT2D eigenvalue weighted by molar-refractivity contribution is 5.13. The third-order valence-corrected chi connectivity index (χ3v) is 2.80. The first-order chi connectivity index (χ1) is 7.65. The van der Waals surface area contributed by atoms with Gasteiger partial charge >= 0.3 is 0 Å². The fourth-order valence-corrected chi connectivity index (χ4v) is 1.37. The SMILES string of the molecule is COC(C)C(C)NCC(O)c1ccncc1. The molecule has 3 atom stereocenters. The zero-order valence-corrected chi connectivity index (χ0v) is 10.1. The van der Waals surface area contributed by atoms with Crippen LogP contribution in [0.2, 0.25) is 0 Å². The molecule has 0 bridgehead atoms. The lowest BCUT2D eigenvalue weighted by Gasteiger charge is -2.21. The molecule has 2 N–H and O–H groups in total. The van der Waals surface area contributed by atoms with E-state index in [0.717, 1.165) is 5.56 Å². The number of hydrogen-bond acceptors (Lipinski definition) is 4. The second-order valence-electron chi connectivity index (χ2n) is 3.93. The molecule has 3 unspecified atom stereocenters. The number of aromatic nitrogens is 1. The molecule has 0 aromatic carbocycles. The van der Waals surface area contributed by atoms with E-state index in [1.807, 2.05) is 26.0 Å². The lowest BCUT2D eigenvalue weighted by atomic mass is 10.1.